The van der Waals surface area contributed by atoms with E-state index in [9.17, 15) is 0 Å². The number of ether oxygens (including phenoxy) is 1. The normalized spacial score (nSPS) is 23.4. The van der Waals surface area contributed by atoms with E-state index < -0.39 is 5.67 Å². The lowest BCUT2D eigenvalue weighted by molar-refractivity contribution is 0.0669. The van der Waals surface area contributed by atoms with Crippen molar-refractivity contribution >= 4 is 0 Å². The molecule has 108 valence electrons. The molecule has 2 atom stereocenters. The fourth-order valence-corrected chi connectivity index (χ4v) is 2.86. The number of hydrogen-bond donors (Lipinski definition) is 1. The van der Waals surface area contributed by atoms with E-state index in [1.807, 2.05) is 13.8 Å². The lowest BCUT2D eigenvalue weighted by Gasteiger charge is -2.35. The first-order valence-electron chi connectivity index (χ1n) is 7.00. The Kier molecular flexibility index (Phi) is 4.13. The zero-order chi connectivity index (χ0) is 14.0. The van der Waals surface area contributed by atoms with Gasteiger partial charge in [0.25, 0.3) is 0 Å². The Hall–Kier alpha value is -1.10. The van der Waals surface area contributed by atoms with E-state index in [4.69, 9.17) is 4.74 Å². The number of rotatable bonds is 4. The highest BCUT2D eigenvalue weighted by atomic mass is 19.1. The summed E-state index contributed by atoms with van der Waals surface area (Å²) in [5.74, 6) is 0.508. The number of alkyl halides is 1. The fraction of sp³-hybridized carbons (Fsp3) is 0.786. The van der Waals surface area contributed by atoms with Gasteiger partial charge in [0, 0.05) is 18.5 Å². The number of halogens is 1. The van der Waals surface area contributed by atoms with Gasteiger partial charge in [-0.05, 0) is 40.2 Å². The standard InChI is InChI=1S/C14H24FN3O/c1-10(2)18-13(12(19-4)9-17-18)14(3,15)11-6-5-7-16-8-11/h9-11,16H,5-8H2,1-4H3. The number of aromatic nitrogens is 2. The Morgan fingerprint density at radius 1 is 1.58 bits per heavy atom. The molecule has 0 amide bonds. The highest BCUT2D eigenvalue weighted by Crippen LogP contribution is 2.42. The summed E-state index contributed by atoms with van der Waals surface area (Å²) in [6, 6.07) is 0.116. The quantitative estimate of drug-likeness (QED) is 0.913. The fourth-order valence-electron chi connectivity index (χ4n) is 2.86. The molecule has 0 aliphatic carbocycles. The van der Waals surface area contributed by atoms with Gasteiger partial charge < -0.3 is 10.1 Å². The first-order chi connectivity index (χ1) is 8.98. The third-order valence-electron chi connectivity index (χ3n) is 4.00. The predicted molar refractivity (Wildman–Crippen MR) is 73.2 cm³/mol. The number of hydrogen-bond acceptors (Lipinski definition) is 3. The molecule has 1 fully saturated rings. The molecule has 1 aromatic heterocycles. The monoisotopic (exact) mass is 269 g/mol. The minimum absolute atomic E-state index is 0.0376. The second-order valence-corrected chi connectivity index (χ2v) is 5.72. The van der Waals surface area contributed by atoms with Crippen LogP contribution in [0.2, 0.25) is 0 Å². The summed E-state index contributed by atoms with van der Waals surface area (Å²) in [4.78, 5) is 0. The van der Waals surface area contributed by atoms with E-state index in [0.29, 0.717) is 18.0 Å². The Bertz CT molecular complexity index is 422. The van der Waals surface area contributed by atoms with Gasteiger partial charge in [0.05, 0.1) is 13.3 Å². The Morgan fingerprint density at radius 3 is 2.84 bits per heavy atom. The van der Waals surface area contributed by atoms with Crippen molar-refractivity contribution in [1.82, 2.24) is 15.1 Å². The van der Waals surface area contributed by atoms with Crippen LogP contribution in [0.25, 0.3) is 0 Å². The summed E-state index contributed by atoms with van der Waals surface area (Å²) < 4.78 is 22.5. The molecule has 1 aromatic rings. The van der Waals surface area contributed by atoms with Crippen LogP contribution >= 0.6 is 0 Å². The number of methoxy groups -OCH3 is 1. The van der Waals surface area contributed by atoms with Crippen LogP contribution in [0, 0.1) is 5.92 Å². The number of nitrogens with zero attached hydrogens (tertiary/aromatic N) is 2. The highest BCUT2D eigenvalue weighted by Gasteiger charge is 2.42. The Morgan fingerprint density at radius 2 is 2.32 bits per heavy atom. The number of nitrogens with one attached hydrogen (secondary N) is 1. The summed E-state index contributed by atoms with van der Waals surface area (Å²) in [7, 11) is 1.57. The van der Waals surface area contributed by atoms with Crippen molar-refractivity contribution in [2.45, 2.75) is 45.3 Å². The molecule has 1 aliphatic rings. The van der Waals surface area contributed by atoms with Crippen molar-refractivity contribution in [3.63, 3.8) is 0 Å². The molecule has 0 aromatic carbocycles. The molecule has 0 radical (unpaired) electrons. The van der Waals surface area contributed by atoms with Gasteiger partial charge >= 0.3 is 0 Å². The maximum absolute atomic E-state index is 15.4. The van der Waals surface area contributed by atoms with E-state index in [2.05, 4.69) is 10.4 Å². The van der Waals surface area contributed by atoms with Crippen molar-refractivity contribution in [3.05, 3.63) is 11.9 Å². The van der Waals surface area contributed by atoms with Gasteiger partial charge in [0.2, 0.25) is 0 Å². The molecule has 2 unspecified atom stereocenters. The lowest BCUT2D eigenvalue weighted by atomic mass is 9.82. The molecule has 0 spiro atoms. The number of piperidine rings is 1. The molecule has 0 bridgehead atoms. The molecule has 5 heteroatoms. The van der Waals surface area contributed by atoms with Crippen LogP contribution in [0.1, 0.15) is 45.3 Å². The van der Waals surface area contributed by atoms with E-state index >= 15 is 4.39 Å². The first-order valence-corrected chi connectivity index (χ1v) is 7.00. The topological polar surface area (TPSA) is 39.1 Å². The molecular weight excluding hydrogens is 245 g/mol. The highest BCUT2D eigenvalue weighted by molar-refractivity contribution is 5.31. The molecule has 4 nitrogen and oxygen atoms in total. The second kappa shape index (κ2) is 5.49. The summed E-state index contributed by atoms with van der Waals surface area (Å²) in [6.07, 6.45) is 3.53. The van der Waals surface area contributed by atoms with Crippen molar-refractivity contribution in [1.29, 1.82) is 0 Å². The average molecular weight is 269 g/mol. The zero-order valence-corrected chi connectivity index (χ0v) is 12.2. The van der Waals surface area contributed by atoms with Crippen LogP contribution in [0.3, 0.4) is 0 Å². The van der Waals surface area contributed by atoms with Gasteiger partial charge in [-0.15, -0.1) is 0 Å². The van der Waals surface area contributed by atoms with E-state index in [-0.39, 0.29) is 12.0 Å². The van der Waals surface area contributed by atoms with Crippen LogP contribution in [0.5, 0.6) is 5.75 Å². The van der Waals surface area contributed by atoms with Gasteiger partial charge in [-0.1, -0.05) is 0 Å². The summed E-state index contributed by atoms with van der Waals surface area (Å²) in [6.45, 7) is 7.35. The van der Waals surface area contributed by atoms with Crippen molar-refractivity contribution in [2.75, 3.05) is 20.2 Å². The van der Waals surface area contributed by atoms with E-state index in [0.717, 1.165) is 19.4 Å². The molecule has 1 aliphatic heterocycles. The van der Waals surface area contributed by atoms with Gasteiger partial charge in [-0.2, -0.15) is 5.10 Å². The minimum atomic E-state index is -1.43. The van der Waals surface area contributed by atoms with E-state index in [1.165, 1.54) is 0 Å². The molecule has 1 saturated heterocycles. The van der Waals surface area contributed by atoms with Crippen molar-refractivity contribution < 1.29 is 9.13 Å². The lowest BCUT2D eigenvalue weighted by Crippen LogP contribution is -2.41. The smallest absolute Gasteiger partial charge is 0.163 e. The van der Waals surface area contributed by atoms with Crippen LogP contribution in [-0.4, -0.2) is 30.0 Å². The second-order valence-electron chi connectivity index (χ2n) is 5.72. The molecule has 2 rings (SSSR count). The first kappa shape index (κ1) is 14.3. The molecular formula is C14H24FN3O. The van der Waals surface area contributed by atoms with Crippen LogP contribution in [0.15, 0.2) is 6.20 Å². The maximum Gasteiger partial charge on any atom is 0.163 e. The minimum Gasteiger partial charge on any atom is -0.493 e. The average Bonchev–Trinajstić information content (AvgIpc) is 2.84. The van der Waals surface area contributed by atoms with Gasteiger partial charge in [-0.3, -0.25) is 4.68 Å². The maximum atomic E-state index is 15.4. The molecule has 1 N–H and O–H groups in total. The zero-order valence-electron chi connectivity index (χ0n) is 12.2. The van der Waals surface area contributed by atoms with Gasteiger partial charge in [0.1, 0.15) is 5.69 Å². The van der Waals surface area contributed by atoms with Crippen LogP contribution in [0.4, 0.5) is 4.39 Å². The largest absolute Gasteiger partial charge is 0.493 e. The van der Waals surface area contributed by atoms with E-state index in [1.54, 1.807) is 24.9 Å². The molecule has 2 heterocycles. The predicted octanol–water partition coefficient (Wildman–Crippen LogP) is 2.66. The van der Waals surface area contributed by atoms with Crippen molar-refractivity contribution in [2.24, 2.45) is 5.92 Å². The van der Waals surface area contributed by atoms with Gasteiger partial charge in [-0.25, -0.2) is 4.39 Å². The Balaban J connectivity index is 2.39. The summed E-state index contributed by atoms with van der Waals surface area (Å²) >= 11 is 0. The molecule has 19 heavy (non-hydrogen) atoms. The Labute approximate surface area is 114 Å². The third-order valence-corrected chi connectivity index (χ3v) is 4.00. The summed E-state index contributed by atoms with van der Waals surface area (Å²) in [5, 5.41) is 7.56. The molecule has 0 saturated carbocycles. The summed E-state index contributed by atoms with van der Waals surface area (Å²) in [5.41, 5.74) is -0.863. The van der Waals surface area contributed by atoms with Crippen LogP contribution < -0.4 is 10.1 Å². The van der Waals surface area contributed by atoms with Crippen LogP contribution in [-0.2, 0) is 5.67 Å². The third kappa shape index (κ3) is 2.61. The van der Waals surface area contributed by atoms with Gasteiger partial charge in [0.15, 0.2) is 11.4 Å². The SMILES string of the molecule is COc1cnn(C(C)C)c1C(C)(F)C1CCCNC1. The van der Waals surface area contributed by atoms with Crippen molar-refractivity contribution in [3.8, 4) is 5.75 Å².